The molecular weight excluding hydrogens is 260 g/mol. The molecule has 0 bridgehead atoms. The Morgan fingerprint density at radius 1 is 1.53 bits per heavy atom. The minimum Gasteiger partial charge on any atom is -0.315 e. The Morgan fingerprint density at radius 3 is 2.84 bits per heavy atom. The summed E-state index contributed by atoms with van der Waals surface area (Å²) in [5, 5.41) is 8.11. The Morgan fingerprint density at radius 2 is 2.32 bits per heavy atom. The first kappa shape index (κ1) is 16.5. The Hall–Kier alpha value is -0.580. The maximum absolute atomic E-state index is 4.66. The number of hydrogen-bond donors (Lipinski definition) is 1. The van der Waals surface area contributed by atoms with E-state index in [9.17, 15) is 0 Å². The number of hydrogen-bond acceptors (Lipinski definition) is 3. The molecule has 1 aliphatic heterocycles. The van der Waals surface area contributed by atoms with Gasteiger partial charge in [-0.1, -0.05) is 6.92 Å². The van der Waals surface area contributed by atoms with Gasteiger partial charge >= 0.3 is 0 Å². The normalized spacial score (nSPS) is 19.1. The molecule has 1 aromatic rings. The maximum Gasteiger partial charge on any atom is 0.0765 e. The molecule has 19 heavy (non-hydrogen) atoms. The molecule has 4 nitrogen and oxygen atoms in total. The third kappa shape index (κ3) is 4.48. The molecule has 0 saturated carbocycles. The summed E-state index contributed by atoms with van der Waals surface area (Å²) in [6.07, 6.45) is 4.57. The second-order valence-corrected chi connectivity index (χ2v) is 5.50. The van der Waals surface area contributed by atoms with Crippen molar-refractivity contribution in [2.45, 2.75) is 52.2 Å². The maximum atomic E-state index is 4.66. The second-order valence-electron chi connectivity index (χ2n) is 5.50. The van der Waals surface area contributed by atoms with Gasteiger partial charge in [-0.15, -0.1) is 12.4 Å². The minimum absolute atomic E-state index is 0. The third-order valence-corrected chi connectivity index (χ3v) is 3.62. The van der Waals surface area contributed by atoms with Crippen LogP contribution in [-0.2, 0) is 6.54 Å². The van der Waals surface area contributed by atoms with Crippen LogP contribution in [0, 0.1) is 0 Å². The standard InChI is InChI=1S/C14H26N4.ClH/c1-4-8-17(14-5-7-15-10-14)11-13-6-9-18(16-13)12(2)3;/h6,9,12,14-15H,4-5,7-8,10-11H2,1-3H3;1H. The summed E-state index contributed by atoms with van der Waals surface area (Å²) in [7, 11) is 0. The zero-order chi connectivity index (χ0) is 13.0. The van der Waals surface area contributed by atoms with Crippen LogP contribution in [0.15, 0.2) is 12.3 Å². The lowest BCUT2D eigenvalue weighted by Crippen LogP contribution is -2.37. The summed E-state index contributed by atoms with van der Waals surface area (Å²) >= 11 is 0. The zero-order valence-electron chi connectivity index (χ0n) is 12.3. The summed E-state index contributed by atoms with van der Waals surface area (Å²) in [6, 6.07) is 3.30. The van der Waals surface area contributed by atoms with Crippen LogP contribution in [0.4, 0.5) is 0 Å². The molecule has 0 radical (unpaired) electrons. The van der Waals surface area contributed by atoms with E-state index in [0.717, 1.165) is 19.6 Å². The van der Waals surface area contributed by atoms with Gasteiger partial charge in [0.05, 0.1) is 5.69 Å². The van der Waals surface area contributed by atoms with Crippen molar-refractivity contribution < 1.29 is 0 Å². The Labute approximate surface area is 123 Å². The van der Waals surface area contributed by atoms with Crippen LogP contribution in [0.5, 0.6) is 0 Å². The van der Waals surface area contributed by atoms with Crippen molar-refractivity contribution in [3.63, 3.8) is 0 Å². The first-order chi connectivity index (χ1) is 8.70. The highest BCUT2D eigenvalue weighted by Crippen LogP contribution is 2.14. The largest absolute Gasteiger partial charge is 0.315 e. The van der Waals surface area contributed by atoms with Gasteiger partial charge < -0.3 is 5.32 Å². The zero-order valence-corrected chi connectivity index (χ0v) is 13.1. The SMILES string of the molecule is CCCN(Cc1ccn(C(C)C)n1)C1CCNC1.Cl. The van der Waals surface area contributed by atoms with Crippen molar-refractivity contribution in [1.29, 1.82) is 0 Å². The summed E-state index contributed by atoms with van der Waals surface area (Å²) in [5.74, 6) is 0. The summed E-state index contributed by atoms with van der Waals surface area (Å²) in [6.45, 7) is 11.0. The van der Waals surface area contributed by atoms with Crippen LogP contribution < -0.4 is 5.32 Å². The van der Waals surface area contributed by atoms with E-state index in [1.165, 1.54) is 25.1 Å². The van der Waals surface area contributed by atoms with E-state index in [0.29, 0.717) is 12.1 Å². The van der Waals surface area contributed by atoms with E-state index in [4.69, 9.17) is 0 Å². The lowest BCUT2D eigenvalue weighted by atomic mass is 10.2. The first-order valence-electron chi connectivity index (χ1n) is 7.19. The van der Waals surface area contributed by atoms with Crippen LogP contribution in [0.25, 0.3) is 0 Å². The Bertz CT molecular complexity index is 358. The molecule has 1 atom stereocenters. The first-order valence-corrected chi connectivity index (χ1v) is 7.19. The average Bonchev–Trinajstić information content (AvgIpc) is 2.99. The van der Waals surface area contributed by atoms with E-state index < -0.39 is 0 Å². The number of halogens is 1. The van der Waals surface area contributed by atoms with Gasteiger partial charge in [0, 0.05) is 31.4 Å². The third-order valence-electron chi connectivity index (χ3n) is 3.62. The molecule has 1 saturated heterocycles. The predicted molar refractivity (Wildman–Crippen MR) is 81.8 cm³/mol. The van der Waals surface area contributed by atoms with Crippen molar-refractivity contribution in [2.24, 2.45) is 0 Å². The molecular formula is C14H27ClN4. The molecule has 110 valence electrons. The van der Waals surface area contributed by atoms with Crippen molar-refractivity contribution in [3.8, 4) is 0 Å². The van der Waals surface area contributed by atoms with Crippen molar-refractivity contribution in [3.05, 3.63) is 18.0 Å². The fourth-order valence-corrected chi connectivity index (χ4v) is 2.59. The van der Waals surface area contributed by atoms with Crippen LogP contribution >= 0.6 is 12.4 Å². The highest BCUT2D eigenvalue weighted by molar-refractivity contribution is 5.85. The van der Waals surface area contributed by atoms with Crippen molar-refractivity contribution in [2.75, 3.05) is 19.6 Å². The lowest BCUT2D eigenvalue weighted by Gasteiger charge is -2.27. The van der Waals surface area contributed by atoms with Gasteiger partial charge in [-0.2, -0.15) is 5.10 Å². The van der Waals surface area contributed by atoms with Gasteiger partial charge in [0.25, 0.3) is 0 Å². The lowest BCUT2D eigenvalue weighted by molar-refractivity contribution is 0.196. The molecule has 1 fully saturated rings. The topological polar surface area (TPSA) is 33.1 Å². The van der Waals surface area contributed by atoms with Crippen LogP contribution in [0.1, 0.15) is 45.3 Å². The fourth-order valence-electron chi connectivity index (χ4n) is 2.59. The molecule has 1 N–H and O–H groups in total. The van der Waals surface area contributed by atoms with Gasteiger partial charge in [0.1, 0.15) is 0 Å². The predicted octanol–water partition coefficient (Wildman–Crippen LogP) is 2.46. The molecule has 1 unspecified atom stereocenters. The van der Waals surface area contributed by atoms with Crippen LogP contribution in [0.3, 0.4) is 0 Å². The summed E-state index contributed by atoms with van der Waals surface area (Å²) in [4.78, 5) is 2.58. The summed E-state index contributed by atoms with van der Waals surface area (Å²) in [5.41, 5.74) is 1.20. The highest BCUT2D eigenvalue weighted by Gasteiger charge is 2.22. The summed E-state index contributed by atoms with van der Waals surface area (Å²) < 4.78 is 2.05. The molecule has 2 rings (SSSR count). The Balaban J connectivity index is 0.00000180. The van der Waals surface area contributed by atoms with Gasteiger partial charge in [-0.25, -0.2) is 0 Å². The van der Waals surface area contributed by atoms with E-state index in [-0.39, 0.29) is 12.4 Å². The van der Waals surface area contributed by atoms with Gasteiger partial charge in [-0.3, -0.25) is 9.58 Å². The second kappa shape index (κ2) is 7.88. The van der Waals surface area contributed by atoms with E-state index in [2.05, 4.69) is 48.3 Å². The fraction of sp³-hybridized carbons (Fsp3) is 0.786. The van der Waals surface area contributed by atoms with Gasteiger partial charge in [0.15, 0.2) is 0 Å². The number of rotatable bonds is 6. The minimum atomic E-state index is 0. The Kier molecular flexibility index (Phi) is 6.83. The van der Waals surface area contributed by atoms with Gasteiger partial charge in [-0.05, 0) is 45.8 Å². The number of nitrogens with zero attached hydrogens (tertiary/aromatic N) is 3. The van der Waals surface area contributed by atoms with E-state index in [1.807, 2.05) is 4.68 Å². The molecule has 1 aliphatic rings. The quantitative estimate of drug-likeness (QED) is 0.872. The molecule has 0 aromatic carbocycles. The smallest absolute Gasteiger partial charge is 0.0765 e. The molecule has 0 aliphatic carbocycles. The van der Waals surface area contributed by atoms with E-state index in [1.54, 1.807) is 0 Å². The molecule has 1 aromatic heterocycles. The van der Waals surface area contributed by atoms with Crippen molar-refractivity contribution >= 4 is 12.4 Å². The van der Waals surface area contributed by atoms with Crippen LogP contribution in [0.2, 0.25) is 0 Å². The average molecular weight is 287 g/mol. The number of aromatic nitrogens is 2. The monoisotopic (exact) mass is 286 g/mol. The van der Waals surface area contributed by atoms with Crippen molar-refractivity contribution in [1.82, 2.24) is 20.0 Å². The molecule has 0 spiro atoms. The van der Waals surface area contributed by atoms with Crippen LogP contribution in [-0.4, -0.2) is 40.4 Å². The number of nitrogens with one attached hydrogen (secondary N) is 1. The van der Waals surface area contributed by atoms with E-state index >= 15 is 0 Å². The molecule has 0 amide bonds. The molecule has 5 heteroatoms. The highest BCUT2D eigenvalue weighted by atomic mass is 35.5. The van der Waals surface area contributed by atoms with Gasteiger partial charge in [0.2, 0.25) is 0 Å². The molecule has 2 heterocycles.